The van der Waals surface area contributed by atoms with Gasteiger partial charge in [-0.3, -0.25) is 9.59 Å². The minimum atomic E-state index is -0.353. The van der Waals surface area contributed by atoms with Gasteiger partial charge in [0.15, 0.2) is 0 Å². The van der Waals surface area contributed by atoms with Crippen molar-refractivity contribution in [2.24, 2.45) is 17.6 Å². The molecule has 1 saturated heterocycles. The lowest BCUT2D eigenvalue weighted by atomic mass is 9.67. The van der Waals surface area contributed by atoms with Gasteiger partial charge in [0.05, 0.1) is 0 Å². The van der Waals surface area contributed by atoms with Gasteiger partial charge in [-0.2, -0.15) is 0 Å². The first-order valence-corrected chi connectivity index (χ1v) is 8.11. The fourth-order valence-corrected chi connectivity index (χ4v) is 4.59. The number of carbonyl (C=O) groups excluding carboxylic acids is 2. The number of hydrogen-bond donors (Lipinski definition) is 3. The van der Waals surface area contributed by atoms with Crippen LogP contribution < -0.4 is 16.4 Å². The average Bonchev–Trinajstić information content (AvgIpc) is 2.77. The Morgan fingerprint density at radius 2 is 2.00 bits per heavy atom. The van der Waals surface area contributed by atoms with Gasteiger partial charge in [0.25, 0.3) is 5.24 Å². The summed E-state index contributed by atoms with van der Waals surface area (Å²) in [7, 11) is 0. The smallest absolute Gasteiger partial charge is 0.279 e. The van der Waals surface area contributed by atoms with Crippen molar-refractivity contribution >= 4 is 22.9 Å². The molecule has 2 saturated carbocycles. The maximum absolute atomic E-state index is 12.2. The molecule has 1 heterocycles. The Morgan fingerprint density at radius 1 is 1.32 bits per heavy atom. The van der Waals surface area contributed by atoms with Crippen LogP contribution in [0.4, 0.5) is 4.79 Å². The zero-order chi connectivity index (χ0) is 13.4. The molecule has 2 aliphatic carbocycles. The lowest BCUT2D eigenvalue weighted by molar-refractivity contribution is -0.124. The molecule has 2 bridgehead atoms. The van der Waals surface area contributed by atoms with Gasteiger partial charge in [0.2, 0.25) is 5.91 Å². The average molecular weight is 283 g/mol. The summed E-state index contributed by atoms with van der Waals surface area (Å²) in [5.74, 6) is 1.58. The van der Waals surface area contributed by atoms with Crippen LogP contribution in [0.3, 0.4) is 0 Å². The Hall–Kier alpha value is -0.750. The van der Waals surface area contributed by atoms with Gasteiger partial charge < -0.3 is 16.4 Å². The van der Waals surface area contributed by atoms with Gasteiger partial charge in [0.1, 0.15) is 6.04 Å². The monoisotopic (exact) mass is 283 g/mol. The standard InChI is InChI=1S/C13H21N3O2S/c14-9-4-7-2-1-3-8(5-9)11(7)16-12(17)10-6-19-13(18)15-10/h7-11H,1-6,14H2,(H,15,18)(H,16,17)/t7?,8?,9?,10-,11?/m0/s1. The maximum atomic E-state index is 12.2. The number of carbonyl (C=O) groups is 2. The number of hydrogen-bond acceptors (Lipinski definition) is 4. The minimum absolute atomic E-state index is 0.0179. The molecule has 6 heteroatoms. The van der Waals surface area contributed by atoms with E-state index >= 15 is 0 Å². The van der Waals surface area contributed by atoms with Crippen LogP contribution in [0.1, 0.15) is 32.1 Å². The van der Waals surface area contributed by atoms with Crippen LogP contribution >= 0.6 is 11.8 Å². The molecule has 19 heavy (non-hydrogen) atoms. The predicted molar refractivity (Wildman–Crippen MR) is 74.7 cm³/mol. The van der Waals surface area contributed by atoms with E-state index in [9.17, 15) is 9.59 Å². The zero-order valence-electron chi connectivity index (χ0n) is 10.9. The molecule has 0 spiro atoms. The fraction of sp³-hybridized carbons (Fsp3) is 0.846. The molecule has 0 aromatic rings. The largest absolute Gasteiger partial charge is 0.351 e. The van der Waals surface area contributed by atoms with Crippen molar-refractivity contribution in [2.75, 3.05) is 5.75 Å². The molecule has 3 aliphatic rings. The maximum Gasteiger partial charge on any atom is 0.279 e. The SMILES string of the molecule is NC1CC2CCCC(C1)C2NC(=O)[C@@H]1CSC(=O)N1. The van der Waals surface area contributed by atoms with E-state index < -0.39 is 0 Å². The van der Waals surface area contributed by atoms with Gasteiger partial charge >= 0.3 is 0 Å². The van der Waals surface area contributed by atoms with E-state index in [1.807, 2.05) is 0 Å². The Kier molecular flexibility index (Phi) is 3.71. The molecule has 3 fully saturated rings. The molecule has 0 aromatic carbocycles. The van der Waals surface area contributed by atoms with Crippen molar-refractivity contribution in [3.63, 3.8) is 0 Å². The third-order valence-electron chi connectivity index (χ3n) is 4.68. The Bertz CT molecular complexity index is 376. The Labute approximate surface area is 117 Å². The third kappa shape index (κ3) is 2.74. The molecule has 106 valence electrons. The molecular formula is C13H21N3O2S. The summed E-state index contributed by atoms with van der Waals surface area (Å²) < 4.78 is 0. The van der Waals surface area contributed by atoms with Crippen molar-refractivity contribution in [1.82, 2.24) is 10.6 Å². The third-order valence-corrected chi connectivity index (χ3v) is 5.56. The summed E-state index contributed by atoms with van der Waals surface area (Å²) >= 11 is 1.19. The second-order valence-corrected chi connectivity index (χ2v) is 7.01. The first-order chi connectivity index (χ1) is 9.13. The Balaban J connectivity index is 1.62. The zero-order valence-corrected chi connectivity index (χ0v) is 11.7. The summed E-state index contributed by atoms with van der Waals surface area (Å²) in [6, 6.07) is 0.211. The van der Waals surface area contributed by atoms with Crippen molar-refractivity contribution in [2.45, 2.75) is 50.2 Å². The van der Waals surface area contributed by atoms with Crippen molar-refractivity contribution in [3.05, 3.63) is 0 Å². The van der Waals surface area contributed by atoms with E-state index in [2.05, 4.69) is 10.6 Å². The van der Waals surface area contributed by atoms with Crippen LogP contribution in [0.15, 0.2) is 0 Å². The molecule has 3 atom stereocenters. The van der Waals surface area contributed by atoms with Crippen LogP contribution in [0.25, 0.3) is 0 Å². The van der Waals surface area contributed by atoms with E-state index in [4.69, 9.17) is 5.73 Å². The van der Waals surface area contributed by atoms with E-state index in [1.165, 1.54) is 31.0 Å². The van der Waals surface area contributed by atoms with Gasteiger partial charge in [-0.15, -0.1) is 0 Å². The van der Waals surface area contributed by atoms with E-state index in [0.29, 0.717) is 23.6 Å². The van der Waals surface area contributed by atoms with Gasteiger partial charge in [-0.05, 0) is 37.5 Å². The highest BCUT2D eigenvalue weighted by Crippen LogP contribution is 2.39. The molecule has 2 amide bonds. The number of amides is 2. The molecule has 3 rings (SSSR count). The second-order valence-electron chi connectivity index (χ2n) is 6.01. The highest BCUT2D eigenvalue weighted by Gasteiger charge is 2.41. The molecule has 0 aromatic heterocycles. The lowest BCUT2D eigenvalue weighted by Crippen LogP contribution is -2.56. The summed E-state index contributed by atoms with van der Waals surface area (Å²) in [6.45, 7) is 0. The fourth-order valence-electron chi connectivity index (χ4n) is 3.82. The molecule has 0 radical (unpaired) electrons. The van der Waals surface area contributed by atoms with Crippen molar-refractivity contribution in [3.8, 4) is 0 Å². The number of thioether (sulfide) groups is 1. The normalized spacial score (nSPS) is 41.7. The number of nitrogens with two attached hydrogens (primary N) is 1. The summed E-state index contributed by atoms with van der Waals surface area (Å²) in [5.41, 5.74) is 6.09. The molecule has 1 aliphatic heterocycles. The van der Waals surface area contributed by atoms with Crippen molar-refractivity contribution < 1.29 is 9.59 Å². The topological polar surface area (TPSA) is 84.2 Å². The molecule has 2 unspecified atom stereocenters. The first kappa shape index (κ1) is 13.2. The van der Waals surface area contributed by atoms with Crippen LogP contribution in [-0.4, -0.2) is 35.0 Å². The number of fused-ring (bicyclic) bond motifs is 2. The molecule has 4 N–H and O–H groups in total. The van der Waals surface area contributed by atoms with E-state index in [0.717, 1.165) is 12.8 Å². The quantitative estimate of drug-likeness (QED) is 0.701. The second kappa shape index (κ2) is 5.32. The summed E-state index contributed by atoms with van der Waals surface area (Å²) in [4.78, 5) is 23.3. The number of nitrogens with one attached hydrogen (secondary N) is 2. The highest BCUT2D eigenvalue weighted by atomic mass is 32.2. The first-order valence-electron chi connectivity index (χ1n) is 7.12. The van der Waals surface area contributed by atoms with Gasteiger partial charge in [0, 0.05) is 17.8 Å². The summed E-state index contributed by atoms with van der Waals surface area (Å²) in [5, 5.41) is 5.79. The van der Waals surface area contributed by atoms with E-state index in [1.54, 1.807) is 0 Å². The highest BCUT2D eigenvalue weighted by molar-refractivity contribution is 8.14. The predicted octanol–water partition coefficient (Wildman–Crippen LogP) is 0.834. The van der Waals surface area contributed by atoms with Gasteiger partial charge in [-0.25, -0.2) is 0 Å². The summed E-state index contributed by atoms with van der Waals surface area (Å²) in [6.07, 6.45) is 5.63. The van der Waals surface area contributed by atoms with Crippen LogP contribution in [0.5, 0.6) is 0 Å². The Morgan fingerprint density at radius 3 is 2.58 bits per heavy atom. The van der Waals surface area contributed by atoms with Crippen LogP contribution in [-0.2, 0) is 4.79 Å². The van der Waals surface area contributed by atoms with Crippen LogP contribution in [0.2, 0.25) is 0 Å². The molecule has 5 nitrogen and oxygen atoms in total. The molecular weight excluding hydrogens is 262 g/mol. The van der Waals surface area contributed by atoms with Crippen molar-refractivity contribution in [1.29, 1.82) is 0 Å². The lowest BCUT2D eigenvalue weighted by Gasteiger charge is -2.45. The van der Waals surface area contributed by atoms with E-state index in [-0.39, 0.29) is 23.2 Å². The number of rotatable bonds is 2. The minimum Gasteiger partial charge on any atom is -0.351 e. The van der Waals surface area contributed by atoms with Gasteiger partial charge in [-0.1, -0.05) is 18.2 Å². The van der Waals surface area contributed by atoms with Crippen LogP contribution in [0, 0.1) is 11.8 Å².